The van der Waals surface area contributed by atoms with E-state index in [1.165, 1.54) is 18.1 Å². The zero-order chi connectivity index (χ0) is 18.8. The van der Waals surface area contributed by atoms with Gasteiger partial charge in [0.05, 0.1) is 19.3 Å². The van der Waals surface area contributed by atoms with Crippen LogP contribution >= 0.6 is 0 Å². The Morgan fingerprint density at radius 1 is 1.31 bits per heavy atom. The Labute approximate surface area is 152 Å². The number of esters is 1. The van der Waals surface area contributed by atoms with Gasteiger partial charge in [0.2, 0.25) is 5.91 Å². The molecular weight excluding hydrogens is 336 g/mol. The molecule has 138 valence electrons. The number of anilines is 1. The van der Waals surface area contributed by atoms with Gasteiger partial charge in [-0.05, 0) is 36.8 Å². The molecule has 3 rings (SSSR count). The molecule has 2 amide bonds. The van der Waals surface area contributed by atoms with Crippen molar-refractivity contribution in [3.8, 4) is 0 Å². The van der Waals surface area contributed by atoms with E-state index < -0.39 is 12.0 Å². The van der Waals surface area contributed by atoms with Gasteiger partial charge in [0.15, 0.2) is 0 Å². The molecule has 0 radical (unpaired) electrons. The SMILES string of the molecule is C=CC(=O)N(C)c1ccc(C(=O)N2[C@H](C(=O)OC)C[C@@H]3OCC[C@@H]32)cc1. The minimum Gasteiger partial charge on any atom is -0.467 e. The van der Waals surface area contributed by atoms with Crippen LogP contribution in [0.2, 0.25) is 0 Å². The van der Waals surface area contributed by atoms with E-state index in [1.54, 1.807) is 36.2 Å². The topological polar surface area (TPSA) is 76.2 Å². The first-order chi connectivity index (χ1) is 12.5. The third kappa shape index (κ3) is 3.10. The summed E-state index contributed by atoms with van der Waals surface area (Å²) in [4.78, 5) is 39.9. The molecule has 0 saturated carbocycles. The average Bonchev–Trinajstić information content (AvgIpc) is 3.26. The van der Waals surface area contributed by atoms with Crippen LogP contribution in [0.15, 0.2) is 36.9 Å². The second kappa shape index (κ2) is 7.29. The summed E-state index contributed by atoms with van der Waals surface area (Å²) in [6.45, 7) is 4.04. The molecule has 3 atom stereocenters. The number of carbonyl (C=O) groups is 3. The Kier molecular flexibility index (Phi) is 5.08. The number of hydrogen-bond acceptors (Lipinski definition) is 5. The van der Waals surface area contributed by atoms with Crippen molar-refractivity contribution in [1.82, 2.24) is 4.90 Å². The van der Waals surface area contributed by atoms with Crippen molar-refractivity contribution in [2.75, 3.05) is 25.7 Å². The lowest BCUT2D eigenvalue weighted by Crippen LogP contribution is -2.45. The van der Waals surface area contributed by atoms with E-state index in [4.69, 9.17) is 9.47 Å². The van der Waals surface area contributed by atoms with Crippen molar-refractivity contribution in [2.45, 2.75) is 31.0 Å². The molecule has 2 heterocycles. The minimum atomic E-state index is -0.632. The fraction of sp³-hybridized carbons (Fsp3) is 0.421. The fourth-order valence-corrected chi connectivity index (χ4v) is 3.62. The van der Waals surface area contributed by atoms with Gasteiger partial charge >= 0.3 is 5.97 Å². The number of benzene rings is 1. The van der Waals surface area contributed by atoms with Crippen molar-refractivity contribution in [2.24, 2.45) is 0 Å². The third-order valence-corrected chi connectivity index (χ3v) is 5.04. The predicted octanol–water partition coefficient (Wildman–Crippen LogP) is 1.38. The van der Waals surface area contributed by atoms with Crippen LogP contribution in [-0.2, 0) is 19.1 Å². The van der Waals surface area contributed by atoms with Crippen LogP contribution in [0, 0.1) is 0 Å². The molecule has 26 heavy (non-hydrogen) atoms. The predicted molar refractivity (Wildman–Crippen MR) is 94.8 cm³/mol. The summed E-state index contributed by atoms with van der Waals surface area (Å²) in [6, 6.07) is 5.95. The molecule has 1 aromatic rings. The average molecular weight is 358 g/mol. The first-order valence-corrected chi connectivity index (χ1v) is 8.50. The lowest BCUT2D eigenvalue weighted by Gasteiger charge is -2.27. The third-order valence-electron chi connectivity index (χ3n) is 5.04. The van der Waals surface area contributed by atoms with E-state index in [0.29, 0.717) is 30.7 Å². The maximum absolute atomic E-state index is 13.1. The van der Waals surface area contributed by atoms with Crippen LogP contribution in [0.4, 0.5) is 5.69 Å². The molecule has 2 aliphatic heterocycles. The van der Waals surface area contributed by atoms with Gasteiger partial charge in [0.25, 0.3) is 5.91 Å². The zero-order valence-corrected chi connectivity index (χ0v) is 14.9. The summed E-state index contributed by atoms with van der Waals surface area (Å²) < 4.78 is 10.5. The number of carbonyl (C=O) groups excluding carboxylic acids is 3. The summed E-state index contributed by atoms with van der Waals surface area (Å²) in [5.41, 5.74) is 1.11. The summed E-state index contributed by atoms with van der Waals surface area (Å²) in [5, 5.41) is 0. The van der Waals surface area contributed by atoms with Gasteiger partial charge in [-0.15, -0.1) is 0 Å². The van der Waals surface area contributed by atoms with Crippen LogP contribution in [0.1, 0.15) is 23.2 Å². The molecule has 0 bridgehead atoms. The van der Waals surface area contributed by atoms with Crippen molar-refractivity contribution in [1.29, 1.82) is 0 Å². The number of likely N-dealkylation sites (tertiary alicyclic amines) is 1. The van der Waals surface area contributed by atoms with Gasteiger partial charge in [-0.1, -0.05) is 6.58 Å². The molecular formula is C19H22N2O5. The number of hydrogen-bond donors (Lipinski definition) is 0. The molecule has 1 aromatic carbocycles. The number of rotatable bonds is 4. The molecule has 0 N–H and O–H groups in total. The lowest BCUT2D eigenvalue weighted by molar-refractivity contribution is -0.145. The van der Waals surface area contributed by atoms with Crippen LogP contribution in [0.5, 0.6) is 0 Å². The largest absolute Gasteiger partial charge is 0.467 e. The van der Waals surface area contributed by atoms with Crippen LogP contribution < -0.4 is 4.90 Å². The molecule has 0 spiro atoms. The van der Waals surface area contributed by atoms with Gasteiger partial charge in [-0.3, -0.25) is 9.59 Å². The van der Waals surface area contributed by atoms with E-state index in [0.717, 1.165) is 0 Å². The van der Waals surface area contributed by atoms with Gasteiger partial charge in [0, 0.05) is 31.3 Å². The van der Waals surface area contributed by atoms with E-state index >= 15 is 0 Å². The first-order valence-electron chi connectivity index (χ1n) is 8.50. The van der Waals surface area contributed by atoms with Crippen LogP contribution in [-0.4, -0.2) is 61.6 Å². The number of fused-ring (bicyclic) bond motifs is 1. The molecule has 7 heteroatoms. The normalized spacial score (nSPS) is 24.1. The number of nitrogens with zero attached hydrogens (tertiary/aromatic N) is 2. The van der Waals surface area contributed by atoms with Gasteiger partial charge in [-0.25, -0.2) is 4.79 Å². The van der Waals surface area contributed by atoms with Gasteiger partial charge in [-0.2, -0.15) is 0 Å². The molecule has 0 unspecified atom stereocenters. The van der Waals surface area contributed by atoms with E-state index in [2.05, 4.69) is 6.58 Å². The number of ether oxygens (including phenoxy) is 2. The summed E-state index contributed by atoms with van der Waals surface area (Å²) in [5.74, 6) is -0.896. The number of likely N-dealkylation sites (N-methyl/N-ethyl adjacent to an activating group) is 1. The molecule has 0 aromatic heterocycles. The molecule has 0 aliphatic carbocycles. The van der Waals surface area contributed by atoms with Crippen molar-refractivity contribution in [3.05, 3.63) is 42.5 Å². The van der Waals surface area contributed by atoms with Crippen LogP contribution in [0.3, 0.4) is 0 Å². The fourth-order valence-electron chi connectivity index (χ4n) is 3.62. The summed E-state index contributed by atoms with van der Waals surface area (Å²) in [6.07, 6.45) is 2.26. The van der Waals surface area contributed by atoms with E-state index in [1.807, 2.05) is 0 Å². The number of methoxy groups -OCH3 is 1. The Hall–Kier alpha value is -2.67. The molecule has 2 saturated heterocycles. The highest BCUT2D eigenvalue weighted by Crippen LogP contribution is 2.35. The monoisotopic (exact) mass is 358 g/mol. The Balaban J connectivity index is 1.83. The molecule has 2 fully saturated rings. The first kappa shape index (κ1) is 18.1. The van der Waals surface area contributed by atoms with Gasteiger partial charge < -0.3 is 19.3 Å². The zero-order valence-electron chi connectivity index (χ0n) is 14.9. The van der Waals surface area contributed by atoms with E-state index in [9.17, 15) is 14.4 Å². The molecule has 7 nitrogen and oxygen atoms in total. The highest BCUT2D eigenvalue weighted by atomic mass is 16.5. The van der Waals surface area contributed by atoms with E-state index in [-0.39, 0.29) is 24.0 Å². The second-order valence-corrected chi connectivity index (χ2v) is 6.40. The Bertz CT molecular complexity index is 730. The van der Waals surface area contributed by atoms with Crippen molar-refractivity contribution >= 4 is 23.5 Å². The quantitative estimate of drug-likeness (QED) is 0.600. The van der Waals surface area contributed by atoms with Crippen LogP contribution in [0.25, 0.3) is 0 Å². The highest BCUT2D eigenvalue weighted by Gasteiger charge is 2.50. The maximum Gasteiger partial charge on any atom is 0.328 e. The standard InChI is InChI=1S/C19H22N2O5/c1-4-17(22)20(2)13-7-5-12(6-8-13)18(23)21-14-9-10-26-16(14)11-15(21)19(24)25-3/h4-8,14-16H,1,9-11H2,2-3H3/t14-,15-,16-/m0/s1. The Morgan fingerprint density at radius 2 is 2.00 bits per heavy atom. The summed E-state index contributed by atoms with van der Waals surface area (Å²) in [7, 11) is 2.95. The van der Waals surface area contributed by atoms with Crippen molar-refractivity contribution < 1.29 is 23.9 Å². The Morgan fingerprint density at radius 3 is 2.62 bits per heavy atom. The number of amides is 2. The minimum absolute atomic E-state index is 0.115. The van der Waals surface area contributed by atoms with Crippen molar-refractivity contribution in [3.63, 3.8) is 0 Å². The molecule has 2 aliphatic rings. The maximum atomic E-state index is 13.1. The van der Waals surface area contributed by atoms with Gasteiger partial charge in [0.1, 0.15) is 6.04 Å². The highest BCUT2D eigenvalue weighted by molar-refractivity contribution is 6.01. The second-order valence-electron chi connectivity index (χ2n) is 6.40. The smallest absolute Gasteiger partial charge is 0.328 e. The summed E-state index contributed by atoms with van der Waals surface area (Å²) >= 11 is 0. The lowest BCUT2D eigenvalue weighted by atomic mass is 10.1.